The molecule has 0 aliphatic carbocycles. The summed E-state index contributed by atoms with van der Waals surface area (Å²) in [6, 6.07) is 5.56. The lowest BCUT2D eigenvalue weighted by Crippen LogP contribution is -1.89. The lowest BCUT2D eigenvalue weighted by molar-refractivity contribution is 0.473. The number of thioether (sulfide) groups is 1. The molecule has 0 radical (unpaired) electrons. The summed E-state index contributed by atoms with van der Waals surface area (Å²) in [7, 11) is 0. The minimum Gasteiger partial charge on any atom is -0.508 e. The van der Waals surface area contributed by atoms with E-state index < -0.39 is 0 Å². The molecule has 0 atom stereocenters. The zero-order valence-electron chi connectivity index (χ0n) is 7.66. The maximum absolute atomic E-state index is 9.24. The van der Waals surface area contributed by atoms with Gasteiger partial charge in [0.25, 0.3) is 0 Å². The molecule has 0 heterocycles. The van der Waals surface area contributed by atoms with Gasteiger partial charge in [-0.15, -0.1) is 11.8 Å². The summed E-state index contributed by atoms with van der Waals surface area (Å²) in [5.41, 5.74) is 1.31. The van der Waals surface area contributed by atoms with Crippen LogP contribution in [-0.4, -0.2) is 11.4 Å². The monoisotopic (exact) mass is 182 g/mol. The van der Waals surface area contributed by atoms with Crippen LogP contribution in [0.5, 0.6) is 5.75 Å². The van der Waals surface area contributed by atoms with Crippen molar-refractivity contribution < 1.29 is 5.11 Å². The Labute approximate surface area is 77.8 Å². The molecule has 12 heavy (non-hydrogen) atoms. The average molecular weight is 182 g/mol. The molecule has 66 valence electrons. The summed E-state index contributed by atoms with van der Waals surface area (Å²) in [4.78, 5) is 1.17. The Morgan fingerprint density at radius 2 is 2.00 bits per heavy atom. The van der Waals surface area contributed by atoms with Gasteiger partial charge in [-0.2, -0.15) is 0 Å². The Morgan fingerprint density at radius 1 is 1.33 bits per heavy atom. The molecule has 1 aromatic carbocycles. The number of phenols is 1. The van der Waals surface area contributed by atoms with Gasteiger partial charge in [-0.1, -0.05) is 19.9 Å². The second kappa shape index (κ2) is 3.85. The summed E-state index contributed by atoms with van der Waals surface area (Å²) in [5.74, 6) is 0.872. The fourth-order valence-corrected chi connectivity index (χ4v) is 1.95. The van der Waals surface area contributed by atoms with E-state index in [1.54, 1.807) is 17.8 Å². The highest BCUT2D eigenvalue weighted by Crippen LogP contribution is 2.29. The highest BCUT2D eigenvalue weighted by atomic mass is 32.2. The van der Waals surface area contributed by atoms with Gasteiger partial charge in [0.1, 0.15) is 5.75 Å². The van der Waals surface area contributed by atoms with Crippen LogP contribution in [0.25, 0.3) is 0 Å². The van der Waals surface area contributed by atoms with Crippen LogP contribution in [0.2, 0.25) is 0 Å². The molecule has 0 unspecified atom stereocenters. The summed E-state index contributed by atoms with van der Waals surface area (Å²) < 4.78 is 0. The van der Waals surface area contributed by atoms with Crippen molar-refractivity contribution in [3.05, 3.63) is 23.8 Å². The second-order valence-corrected chi connectivity index (χ2v) is 3.93. The Kier molecular flexibility index (Phi) is 3.04. The molecule has 0 bridgehead atoms. The van der Waals surface area contributed by atoms with Crippen molar-refractivity contribution in [3.63, 3.8) is 0 Å². The summed E-state index contributed by atoms with van der Waals surface area (Å²) in [5, 5.41) is 9.24. The molecule has 0 saturated carbocycles. The largest absolute Gasteiger partial charge is 0.508 e. The van der Waals surface area contributed by atoms with E-state index in [-0.39, 0.29) is 0 Å². The molecule has 2 heteroatoms. The van der Waals surface area contributed by atoms with Gasteiger partial charge in [0.2, 0.25) is 0 Å². The van der Waals surface area contributed by atoms with Gasteiger partial charge in [-0.05, 0) is 29.9 Å². The number of benzene rings is 1. The van der Waals surface area contributed by atoms with Gasteiger partial charge in [-0.3, -0.25) is 0 Å². The minimum absolute atomic E-state index is 0.351. The third-order valence-corrected chi connectivity index (χ3v) is 2.63. The molecule has 0 spiro atoms. The first-order chi connectivity index (χ1) is 5.65. The summed E-state index contributed by atoms with van der Waals surface area (Å²) >= 11 is 1.68. The molecule has 0 aliphatic rings. The molecule has 1 N–H and O–H groups in total. The van der Waals surface area contributed by atoms with E-state index in [0.29, 0.717) is 11.7 Å². The first-order valence-electron chi connectivity index (χ1n) is 4.02. The molecule has 0 saturated heterocycles. The minimum atomic E-state index is 0.351. The van der Waals surface area contributed by atoms with Gasteiger partial charge in [0.05, 0.1) is 0 Å². The number of hydrogen-bond donors (Lipinski definition) is 1. The molecule has 0 aromatic heterocycles. The smallest absolute Gasteiger partial charge is 0.116 e. The summed E-state index contributed by atoms with van der Waals surface area (Å²) in [6.45, 7) is 4.32. The van der Waals surface area contributed by atoms with Crippen LogP contribution in [0.1, 0.15) is 25.3 Å². The van der Waals surface area contributed by atoms with Crippen molar-refractivity contribution in [2.45, 2.75) is 24.7 Å². The van der Waals surface area contributed by atoms with E-state index in [9.17, 15) is 5.11 Å². The van der Waals surface area contributed by atoms with Crippen LogP contribution in [0.15, 0.2) is 23.1 Å². The molecule has 1 rings (SSSR count). The normalized spacial score (nSPS) is 10.7. The van der Waals surface area contributed by atoms with Crippen molar-refractivity contribution >= 4 is 11.8 Å². The number of aromatic hydroxyl groups is 1. The third kappa shape index (κ3) is 1.95. The van der Waals surface area contributed by atoms with Crippen molar-refractivity contribution in [3.8, 4) is 5.75 Å². The molecular formula is C10H14OS. The second-order valence-electron chi connectivity index (χ2n) is 3.08. The van der Waals surface area contributed by atoms with Gasteiger partial charge in [0.15, 0.2) is 0 Å². The number of rotatable bonds is 2. The Balaban J connectivity index is 3.11. The molecule has 1 nitrogen and oxygen atoms in total. The third-order valence-electron chi connectivity index (χ3n) is 1.84. The maximum Gasteiger partial charge on any atom is 0.116 e. The standard InChI is InChI=1S/C10H14OS/c1-7(2)9-5-4-8(11)6-10(9)12-3/h4-7,11H,1-3H3. The first-order valence-corrected chi connectivity index (χ1v) is 5.24. The quantitative estimate of drug-likeness (QED) is 0.708. The van der Waals surface area contributed by atoms with Gasteiger partial charge in [-0.25, -0.2) is 0 Å². The highest BCUT2D eigenvalue weighted by molar-refractivity contribution is 7.98. The lowest BCUT2D eigenvalue weighted by Gasteiger charge is -2.10. The van der Waals surface area contributed by atoms with Gasteiger partial charge < -0.3 is 5.11 Å². The van der Waals surface area contributed by atoms with E-state index >= 15 is 0 Å². The SMILES string of the molecule is CSc1cc(O)ccc1C(C)C. The van der Waals surface area contributed by atoms with E-state index in [1.807, 2.05) is 18.4 Å². The van der Waals surface area contributed by atoms with Gasteiger partial charge in [0, 0.05) is 4.90 Å². The van der Waals surface area contributed by atoms with Crippen LogP contribution in [0, 0.1) is 0 Å². The van der Waals surface area contributed by atoms with Crippen molar-refractivity contribution in [1.82, 2.24) is 0 Å². The Hall–Kier alpha value is -0.630. The predicted octanol–water partition coefficient (Wildman–Crippen LogP) is 3.24. The fourth-order valence-electron chi connectivity index (χ4n) is 1.18. The fraction of sp³-hybridized carbons (Fsp3) is 0.400. The topological polar surface area (TPSA) is 20.2 Å². The van der Waals surface area contributed by atoms with Crippen LogP contribution in [0.3, 0.4) is 0 Å². The predicted molar refractivity (Wildman–Crippen MR) is 54.0 cm³/mol. The molecule has 1 aromatic rings. The first kappa shape index (κ1) is 9.46. The zero-order valence-corrected chi connectivity index (χ0v) is 8.48. The Morgan fingerprint density at radius 3 is 2.50 bits per heavy atom. The van der Waals surface area contributed by atoms with Crippen molar-refractivity contribution in [1.29, 1.82) is 0 Å². The van der Waals surface area contributed by atoms with Crippen LogP contribution in [-0.2, 0) is 0 Å². The summed E-state index contributed by atoms with van der Waals surface area (Å²) in [6.07, 6.45) is 2.03. The van der Waals surface area contributed by atoms with Crippen LogP contribution >= 0.6 is 11.8 Å². The zero-order chi connectivity index (χ0) is 9.14. The highest BCUT2D eigenvalue weighted by Gasteiger charge is 2.05. The molecule has 0 aliphatic heterocycles. The molecule has 0 amide bonds. The van der Waals surface area contributed by atoms with E-state index in [0.717, 1.165) is 0 Å². The van der Waals surface area contributed by atoms with E-state index in [1.165, 1.54) is 10.5 Å². The van der Waals surface area contributed by atoms with Gasteiger partial charge >= 0.3 is 0 Å². The number of phenolic OH excluding ortho intramolecular Hbond substituents is 1. The Bertz CT molecular complexity index is 269. The van der Waals surface area contributed by atoms with Crippen LogP contribution in [0.4, 0.5) is 0 Å². The maximum atomic E-state index is 9.24. The molecular weight excluding hydrogens is 168 g/mol. The van der Waals surface area contributed by atoms with E-state index in [2.05, 4.69) is 13.8 Å². The average Bonchev–Trinajstić information content (AvgIpc) is 2.03. The van der Waals surface area contributed by atoms with Crippen molar-refractivity contribution in [2.24, 2.45) is 0 Å². The van der Waals surface area contributed by atoms with Crippen molar-refractivity contribution in [2.75, 3.05) is 6.26 Å². The number of hydrogen-bond acceptors (Lipinski definition) is 2. The molecule has 0 fully saturated rings. The van der Waals surface area contributed by atoms with Crippen LogP contribution < -0.4 is 0 Å². The van der Waals surface area contributed by atoms with E-state index in [4.69, 9.17) is 0 Å². The lowest BCUT2D eigenvalue weighted by atomic mass is 10.0.